The quantitative estimate of drug-likeness (QED) is 0.734. The first-order valence-electron chi connectivity index (χ1n) is 5.92. The summed E-state index contributed by atoms with van der Waals surface area (Å²) >= 11 is 0. The summed E-state index contributed by atoms with van der Waals surface area (Å²) in [6, 6.07) is -0.208. The number of carbonyl (C=O) groups is 1. The average Bonchev–Trinajstić information content (AvgIpc) is 3.00. The lowest BCUT2D eigenvalue weighted by Crippen LogP contribution is -2.28. The zero-order valence-corrected chi connectivity index (χ0v) is 10.4. The van der Waals surface area contributed by atoms with Crippen LogP contribution in [0.1, 0.15) is 48.6 Å². The molecule has 96 valence electrons. The Morgan fingerprint density at radius 2 is 2.39 bits per heavy atom. The molecule has 0 bridgehead atoms. The van der Waals surface area contributed by atoms with E-state index < -0.39 is 0 Å². The number of carbonyl (C=O) groups excluding carboxylic acids is 1. The van der Waals surface area contributed by atoms with Gasteiger partial charge in [-0.3, -0.25) is 9.89 Å². The molecule has 0 spiro atoms. The Morgan fingerprint density at radius 1 is 1.56 bits per heavy atom. The van der Waals surface area contributed by atoms with E-state index in [2.05, 4.69) is 30.5 Å². The van der Waals surface area contributed by atoms with E-state index in [9.17, 15) is 4.79 Å². The van der Waals surface area contributed by atoms with Crippen LogP contribution in [-0.4, -0.2) is 31.1 Å². The van der Waals surface area contributed by atoms with E-state index in [1.54, 1.807) is 12.4 Å². The van der Waals surface area contributed by atoms with Crippen LogP contribution in [0.15, 0.2) is 12.4 Å². The van der Waals surface area contributed by atoms with E-state index in [0.29, 0.717) is 5.82 Å². The highest BCUT2D eigenvalue weighted by atomic mass is 16.2. The highest BCUT2D eigenvalue weighted by Gasteiger charge is 2.16. The summed E-state index contributed by atoms with van der Waals surface area (Å²) < 4.78 is 0. The molecular formula is C11H16N6O. The fraction of sp³-hybridized carbons (Fsp3) is 0.455. The molecule has 0 aliphatic carbocycles. The number of amides is 1. The van der Waals surface area contributed by atoms with Crippen molar-refractivity contribution in [2.45, 2.75) is 32.7 Å². The standard InChI is InChI=1S/C11H16N6O/c1-3-4-8-15-10(17-16-8)11(18)14-7(2)9-12-5-6-13-9/h5-7H,3-4H2,1-2H3,(H,12,13)(H,14,18)(H,15,16,17). The Hall–Kier alpha value is -2.18. The van der Waals surface area contributed by atoms with Gasteiger partial charge < -0.3 is 10.3 Å². The Morgan fingerprint density at radius 3 is 3.06 bits per heavy atom. The highest BCUT2D eigenvalue weighted by Crippen LogP contribution is 2.06. The zero-order valence-electron chi connectivity index (χ0n) is 10.4. The van der Waals surface area contributed by atoms with Gasteiger partial charge in [0.15, 0.2) is 0 Å². The predicted molar refractivity (Wildman–Crippen MR) is 64.8 cm³/mol. The van der Waals surface area contributed by atoms with Crippen molar-refractivity contribution in [3.63, 3.8) is 0 Å². The van der Waals surface area contributed by atoms with Crippen LogP contribution in [0, 0.1) is 0 Å². The van der Waals surface area contributed by atoms with Gasteiger partial charge in [0.25, 0.3) is 5.91 Å². The van der Waals surface area contributed by atoms with Crippen molar-refractivity contribution >= 4 is 5.91 Å². The van der Waals surface area contributed by atoms with Gasteiger partial charge in [0.2, 0.25) is 5.82 Å². The van der Waals surface area contributed by atoms with Gasteiger partial charge >= 0.3 is 0 Å². The number of nitrogens with one attached hydrogen (secondary N) is 3. The van der Waals surface area contributed by atoms with Crippen LogP contribution in [-0.2, 0) is 6.42 Å². The Balaban J connectivity index is 1.98. The molecule has 2 aromatic heterocycles. The normalized spacial score (nSPS) is 12.3. The number of imidazole rings is 1. The molecule has 3 N–H and O–H groups in total. The first-order valence-corrected chi connectivity index (χ1v) is 5.92. The Bertz CT molecular complexity index is 503. The fourth-order valence-electron chi connectivity index (χ4n) is 1.59. The second-order valence-electron chi connectivity index (χ2n) is 4.03. The molecular weight excluding hydrogens is 232 g/mol. The molecule has 0 saturated heterocycles. The van der Waals surface area contributed by atoms with E-state index in [0.717, 1.165) is 18.7 Å². The molecule has 1 unspecified atom stereocenters. The third-order valence-corrected chi connectivity index (χ3v) is 2.50. The van der Waals surface area contributed by atoms with Crippen molar-refractivity contribution in [1.29, 1.82) is 0 Å². The predicted octanol–water partition coefficient (Wildman–Crippen LogP) is 0.971. The van der Waals surface area contributed by atoms with Crippen LogP contribution in [0.5, 0.6) is 0 Å². The summed E-state index contributed by atoms with van der Waals surface area (Å²) in [6.45, 7) is 3.89. The third kappa shape index (κ3) is 2.73. The molecule has 7 nitrogen and oxygen atoms in total. The topological polar surface area (TPSA) is 99.3 Å². The van der Waals surface area contributed by atoms with Crippen molar-refractivity contribution in [1.82, 2.24) is 30.5 Å². The number of hydrogen-bond donors (Lipinski definition) is 3. The second-order valence-corrected chi connectivity index (χ2v) is 4.03. The van der Waals surface area contributed by atoms with Crippen molar-refractivity contribution in [2.24, 2.45) is 0 Å². The van der Waals surface area contributed by atoms with E-state index in [-0.39, 0.29) is 17.8 Å². The van der Waals surface area contributed by atoms with Crippen LogP contribution < -0.4 is 5.32 Å². The molecule has 0 aromatic carbocycles. The first-order chi connectivity index (χ1) is 8.70. The van der Waals surface area contributed by atoms with Gasteiger partial charge in [-0.25, -0.2) is 9.97 Å². The molecule has 2 aromatic rings. The molecule has 0 radical (unpaired) electrons. The zero-order chi connectivity index (χ0) is 13.0. The maximum atomic E-state index is 11.9. The van der Waals surface area contributed by atoms with E-state index >= 15 is 0 Å². The summed E-state index contributed by atoms with van der Waals surface area (Å²) in [5, 5.41) is 9.42. The van der Waals surface area contributed by atoms with Crippen LogP contribution in [0.4, 0.5) is 0 Å². The van der Waals surface area contributed by atoms with E-state index in [1.807, 2.05) is 13.8 Å². The van der Waals surface area contributed by atoms with E-state index in [4.69, 9.17) is 0 Å². The Labute approximate surface area is 104 Å². The van der Waals surface area contributed by atoms with Gasteiger partial charge in [-0.05, 0) is 13.3 Å². The number of aryl methyl sites for hydroxylation is 1. The van der Waals surface area contributed by atoms with Crippen molar-refractivity contribution in [2.75, 3.05) is 0 Å². The summed E-state index contributed by atoms with van der Waals surface area (Å²) in [6.07, 6.45) is 5.10. The molecule has 7 heteroatoms. The molecule has 0 fully saturated rings. The number of rotatable bonds is 5. The van der Waals surface area contributed by atoms with E-state index in [1.165, 1.54) is 0 Å². The maximum absolute atomic E-state index is 11.9. The molecule has 0 aliphatic heterocycles. The first kappa shape index (κ1) is 12.3. The third-order valence-electron chi connectivity index (χ3n) is 2.50. The maximum Gasteiger partial charge on any atom is 0.291 e. The van der Waals surface area contributed by atoms with Gasteiger partial charge in [-0.1, -0.05) is 6.92 Å². The minimum atomic E-state index is -0.308. The van der Waals surface area contributed by atoms with Crippen molar-refractivity contribution in [3.05, 3.63) is 29.9 Å². The van der Waals surface area contributed by atoms with Crippen LogP contribution in [0.25, 0.3) is 0 Å². The largest absolute Gasteiger partial charge is 0.347 e. The fourth-order valence-corrected chi connectivity index (χ4v) is 1.59. The monoisotopic (exact) mass is 248 g/mol. The molecule has 1 amide bonds. The number of aromatic amines is 2. The number of H-pyrrole nitrogens is 2. The molecule has 0 saturated carbocycles. The minimum absolute atomic E-state index is 0.164. The minimum Gasteiger partial charge on any atom is -0.347 e. The average molecular weight is 248 g/mol. The molecule has 1 atom stereocenters. The lowest BCUT2D eigenvalue weighted by atomic mass is 10.3. The van der Waals surface area contributed by atoms with Crippen LogP contribution in [0.3, 0.4) is 0 Å². The number of nitrogens with zero attached hydrogens (tertiary/aromatic N) is 3. The summed E-state index contributed by atoms with van der Waals surface area (Å²) in [5.41, 5.74) is 0. The van der Waals surface area contributed by atoms with Crippen LogP contribution >= 0.6 is 0 Å². The summed E-state index contributed by atoms with van der Waals surface area (Å²) in [7, 11) is 0. The second kappa shape index (κ2) is 5.44. The van der Waals surface area contributed by atoms with Gasteiger partial charge in [-0.15, -0.1) is 5.10 Å². The summed E-state index contributed by atoms with van der Waals surface area (Å²) in [4.78, 5) is 23.0. The smallest absolute Gasteiger partial charge is 0.291 e. The van der Waals surface area contributed by atoms with Gasteiger partial charge in [-0.2, -0.15) is 0 Å². The lowest BCUT2D eigenvalue weighted by Gasteiger charge is -2.09. The van der Waals surface area contributed by atoms with Crippen LogP contribution in [0.2, 0.25) is 0 Å². The molecule has 2 heterocycles. The highest BCUT2D eigenvalue weighted by molar-refractivity contribution is 5.90. The van der Waals surface area contributed by atoms with Crippen molar-refractivity contribution < 1.29 is 4.79 Å². The lowest BCUT2D eigenvalue weighted by molar-refractivity contribution is 0.0928. The Kier molecular flexibility index (Phi) is 3.71. The number of aromatic nitrogens is 5. The summed E-state index contributed by atoms with van der Waals surface area (Å²) in [5.74, 6) is 1.29. The van der Waals surface area contributed by atoms with Crippen molar-refractivity contribution in [3.8, 4) is 0 Å². The molecule has 0 aliphatic rings. The number of hydrogen-bond acceptors (Lipinski definition) is 4. The van der Waals surface area contributed by atoms with Gasteiger partial charge in [0, 0.05) is 18.8 Å². The van der Waals surface area contributed by atoms with Gasteiger partial charge in [0.05, 0.1) is 6.04 Å². The molecule has 18 heavy (non-hydrogen) atoms. The van der Waals surface area contributed by atoms with Gasteiger partial charge in [0.1, 0.15) is 11.6 Å². The molecule has 2 rings (SSSR count). The SMILES string of the molecule is CCCc1nc(C(=O)NC(C)c2ncc[nH]2)n[nH]1.